The summed E-state index contributed by atoms with van der Waals surface area (Å²) in [6.45, 7) is -0.315. The van der Waals surface area contributed by atoms with E-state index in [9.17, 15) is 9.59 Å². The molecule has 0 N–H and O–H groups in total. The first-order valence-corrected chi connectivity index (χ1v) is 7.36. The summed E-state index contributed by atoms with van der Waals surface area (Å²) in [7, 11) is 1.63. The second-order valence-corrected chi connectivity index (χ2v) is 5.22. The second-order valence-electron chi connectivity index (χ2n) is 4.78. The molecule has 0 unspecified atom stereocenters. The van der Waals surface area contributed by atoms with Gasteiger partial charge in [-0.2, -0.15) is 0 Å². The van der Waals surface area contributed by atoms with Gasteiger partial charge in [-0.05, 0) is 35.9 Å². The first-order chi connectivity index (χ1) is 11.1. The van der Waals surface area contributed by atoms with Crippen LogP contribution in [0.3, 0.4) is 0 Å². The molecule has 2 rings (SSSR count). The average molecular weight is 330 g/mol. The van der Waals surface area contributed by atoms with Crippen LogP contribution in [-0.4, -0.2) is 25.5 Å². The highest BCUT2D eigenvalue weighted by Gasteiger charge is 2.12. The van der Waals surface area contributed by atoms with E-state index in [-0.39, 0.29) is 12.5 Å². The SMILES string of the molecule is CN(C(=O)COC(=O)C=Cc1cccc(Cl)c1)c1ccccc1. The molecule has 0 saturated carbocycles. The highest BCUT2D eigenvalue weighted by Crippen LogP contribution is 2.12. The fourth-order valence-electron chi connectivity index (χ4n) is 1.85. The van der Waals surface area contributed by atoms with Crippen molar-refractivity contribution in [1.29, 1.82) is 0 Å². The number of hydrogen-bond acceptors (Lipinski definition) is 3. The van der Waals surface area contributed by atoms with Crippen LogP contribution in [0.2, 0.25) is 5.02 Å². The molecule has 0 aliphatic rings. The summed E-state index contributed by atoms with van der Waals surface area (Å²) in [6, 6.07) is 16.2. The maximum absolute atomic E-state index is 12.0. The lowest BCUT2D eigenvalue weighted by atomic mass is 10.2. The Labute approximate surface area is 139 Å². The van der Waals surface area contributed by atoms with Crippen molar-refractivity contribution in [2.45, 2.75) is 0 Å². The van der Waals surface area contributed by atoms with Crippen LogP contribution in [0.15, 0.2) is 60.7 Å². The van der Waals surface area contributed by atoms with Crippen molar-refractivity contribution in [2.24, 2.45) is 0 Å². The first kappa shape index (κ1) is 16.8. The molecule has 0 spiro atoms. The van der Waals surface area contributed by atoms with Gasteiger partial charge in [-0.15, -0.1) is 0 Å². The number of nitrogens with zero attached hydrogens (tertiary/aromatic N) is 1. The zero-order valence-electron chi connectivity index (χ0n) is 12.6. The van der Waals surface area contributed by atoms with Crippen LogP contribution in [-0.2, 0) is 14.3 Å². The van der Waals surface area contributed by atoms with E-state index in [1.807, 2.05) is 24.3 Å². The standard InChI is InChI=1S/C18H16ClNO3/c1-20(16-8-3-2-4-9-16)17(21)13-23-18(22)11-10-14-6-5-7-15(19)12-14/h2-12H,13H2,1H3. The zero-order chi connectivity index (χ0) is 16.7. The van der Waals surface area contributed by atoms with E-state index in [2.05, 4.69) is 0 Å². The van der Waals surface area contributed by atoms with Gasteiger partial charge in [0.15, 0.2) is 6.61 Å². The van der Waals surface area contributed by atoms with Crippen LogP contribution in [0.4, 0.5) is 5.69 Å². The van der Waals surface area contributed by atoms with Gasteiger partial charge in [-0.25, -0.2) is 4.79 Å². The van der Waals surface area contributed by atoms with E-state index in [0.29, 0.717) is 5.02 Å². The third kappa shape index (κ3) is 5.27. The van der Waals surface area contributed by atoms with Crippen molar-refractivity contribution in [3.05, 3.63) is 71.3 Å². The lowest BCUT2D eigenvalue weighted by Gasteiger charge is -2.16. The molecule has 0 atom stereocenters. The molecule has 2 aromatic rings. The molecule has 0 radical (unpaired) electrons. The normalized spacial score (nSPS) is 10.5. The number of halogens is 1. The summed E-state index contributed by atoms with van der Waals surface area (Å²) in [4.78, 5) is 25.1. The van der Waals surface area contributed by atoms with Gasteiger partial charge >= 0.3 is 5.97 Å². The van der Waals surface area contributed by atoms with Crippen LogP contribution in [0.5, 0.6) is 0 Å². The highest BCUT2D eigenvalue weighted by atomic mass is 35.5. The lowest BCUT2D eigenvalue weighted by molar-refractivity contribution is -0.142. The van der Waals surface area contributed by atoms with E-state index in [0.717, 1.165) is 11.3 Å². The van der Waals surface area contributed by atoms with Gasteiger partial charge in [0.25, 0.3) is 5.91 Å². The van der Waals surface area contributed by atoms with Crippen LogP contribution >= 0.6 is 11.6 Å². The Bertz CT molecular complexity index is 713. The van der Waals surface area contributed by atoms with E-state index < -0.39 is 5.97 Å². The maximum atomic E-state index is 12.0. The van der Waals surface area contributed by atoms with Gasteiger partial charge in [0.1, 0.15) is 0 Å². The number of amides is 1. The Morgan fingerprint density at radius 3 is 2.57 bits per heavy atom. The van der Waals surface area contributed by atoms with Gasteiger partial charge in [-0.1, -0.05) is 41.9 Å². The Morgan fingerprint density at radius 2 is 1.87 bits per heavy atom. The molecule has 2 aromatic carbocycles. The fraction of sp³-hybridized carbons (Fsp3) is 0.111. The third-order valence-electron chi connectivity index (χ3n) is 3.12. The second kappa shape index (κ2) is 8.15. The van der Waals surface area contributed by atoms with Gasteiger partial charge in [0.05, 0.1) is 0 Å². The van der Waals surface area contributed by atoms with Gasteiger partial charge in [-0.3, -0.25) is 4.79 Å². The summed E-state index contributed by atoms with van der Waals surface area (Å²) in [5.41, 5.74) is 1.52. The zero-order valence-corrected chi connectivity index (χ0v) is 13.4. The molecular weight excluding hydrogens is 314 g/mol. The minimum absolute atomic E-state index is 0.305. The quantitative estimate of drug-likeness (QED) is 0.622. The van der Waals surface area contributed by atoms with Crippen molar-refractivity contribution in [1.82, 2.24) is 0 Å². The summed E-state index contributed by atoms with van der Waals surface area (Å²) < 4.78 is 4.95. The molecule has 118 valence electrons. The number of benzene rings is 2. The van der Waals surface area contributed by atoms with Crippen LogP contribution < -0.4 is 4.90 Å². The van der Waals surface area contributed by atoms with Crippen molar-refractivity contribution >= 4 is 35.2 Å². The Hall–Kier alpha value is -2.59. The highest BCUT2D eigenvalue weighted by molar-refractivity contribution is 6.30. The van der Waals surface area contributed by atoms with Crippen molar-refractivity contribution < 1.29 is 14.3 Å². The van der Waals surface area contributed by atoms with E-state index >= 15 is 0 Å². The predicted octanol–water partition coefficient (Wildman–Crippen LogP) is 3.56. The molecule has 0 heterocycles. The molecule has 0 aliphatic heterocycles. The number of carbonyl (C=O) groups is 2. The molecule has 0 aromatic heterocycles. The monoisotopic (exact) mass is 329 g/mol. The molecule has 0 bridgehead atoms. The Kier molecular flexibility index (Phi) is 5.94. The summed E-state index contributed by atoms with van der Waals surface area (Å²) >= 11 is 5.86. The van der Waals surface area contributed by atoms with Crippen LogP contribution in [0, 0.1) is 0 Å². The molecule has 0 saturated heterocycles. The number of likely N-dealkylation sites (N-methyl/N-ethyl adjacent to an activating group) is 1. The van der Waals surface area contributed by atoms with Crippen molar-refractivity contribution in [3.63, 3.8) is 0 Å². The largest absolute Gasteiger partial charge is 0.452 e. The summed E-state index contributed by atoms with van der Waals surface area (Å²) in [5, 5.41) is 0.584. The molecule has 1 amide bonds. The number of anilines is 1. The van der Waals surface area contributed by atoms with Gasteiger partial charge in [0, 0.05) is 23.8 Å². The molecule has 23 heavy (non-hydrogen) atoms. The minimum Gasteiger partial charge on any atom is -0.452 e. The van der Waals surface area contributed by atoms with Crippen molar-refractivity contribution in [2.75, 3.05) is 18.6 Å². The molecule has 0 aliphatic carbocycles. The van der Waals surface area contributed by atoms with Gasteiger partial charge in [0.2, 0.25) is 0 Å². The maximum Gasteiger partial charge on any atom is 0.331 e. The number of carbonyl (C=O) groups excluding carboxylic acids is 2. The fourth-order valence-corrected chi connectivity index (χ4v) is 2.05. The number of rotatable bonds is 5. The third-order valence-corrected chi connectivity index (χ3v) is 3.35. The Morgan fingerprint density at radius 1 is 1.13 bits per heavy atom. The van der Waals surface area contributed by atoms with E-state index in [1.165, 1.54) is 11.0 Å². The van der Waals surface area contributed by atoms with Gasteiger partial charge < -0.3 is 9.64 Å². The first-order valence-electron chi connectivity index (χ1n) is 6.98. The molecule has 0 fully saturated rings. The smallest absolute Gasteiger partial charge is 0.331 e. The minimum atomic E-state index is -0.584. The van der Waals surface area contributed by atoms with E-state index in [1.54, 1.807) is 43.5 Å². The van der Waals surface area contributed by atoms with Crippen LogP contribution in [0.25, 0.3) is 6.08 Å². The van der Waals surface area contributed by atoms with Crippen LogP contribution in [0.1, 0.15) is 5.56 Å². The number of para-hydroxylation sites is 1. The average Bonchev–Trinajstić information content (AvgIpc) is 2.58. The number of ether oxygens (including phenoxy) is 1. The molecule has 5 heteroatoms. The summed E-state index contributed by atoms with van der Waals surface area (Å²) in [5.74, 6) is -0.888. The molecule has 4 nitrogen and oxygen atoms in total. The number of esters is 1. The predicted molar refractivity (Wildman–Crippen MR) is 91.3 cm³/mol. The number of hydrogen-bond donors (Lipinski definition) is 0. The lowest BCUT2D eigenvalue weighted by Crippen LogP contribution is -2.30. The summed E-state index contributed by atoms with van der Waals surface area (Å²) in [6.07, 6.45) is 2.85. The Balaban J connectivity index is 1.85. The topological polar surface area (TPSA) is 46.6 Å². The van der Waals surface area contributed by atoms with Crippen molar-refractivity contribution in [3.8, 4) is 0 Å². The van der Waals surface area contributed by atoms with E-state index in [4.69, 9.17) is 16.3 Å². The molecular formula is C18H16ClNO3.